The zero-order valence-electron chi connectivity index (χ0n) is 21.2. The lowest BCUT2D eigenvalue weighted by Crippen LogP contribution is -2.24. The number of nitrogens with zero attached hydrogens (tertiary/aromatic N) is 5. The van der Waals surface area contributed by atoms with Crippen LogP contribution in [0, 0.1) is 0 Å². The van der Waals surface area contributed by atoms with Crippen LogP contribution in [0.5, 0.6) is 17.4 Å². The second kappa shape index (κ2) is 10.7. The van der Waals surface area contributed by atoms with Gasteiger partial charge in [0.2, 0.25) is 5.88 Å². The van der Waals surface area contributed by atoms with E-state index in [0.29, 0.717) is 10.9 Å². The summed E-state index contributed by atoms with van der Waals surface area (Å²) in [5.74, 6) is -1.11. The topological polar surface area (TPSA) is 127 Å². The molecule has 5 aromatic rings. The standard InChI is InChI=1S/C25H19F4N5O6S/c1-33-11-14-9-15(5-8-17(14)31-33)34-24(35)21(13-3-6-16(7-4-13)39-25(28)29)23-22(32-34)18(40-41(2,36)37)10-20(30-23)38-12-19(26)27/h3-11,19,25H,12H2,1-2H3. The molecule has 0 amide bonds. The normalized spacial score (nSPS) is 12.0. The van der Waals surface area contributed by atoms with Gasteiger partial charge >= 0.3 is 16.7 Å². The van der Waals surface area contributed by atoms with Gasteiger partial charge in [-0.3, -0.25) is 9.48 Å². The Morgan fingerprint density at radius 1 is 0.976 bits per heavy atom. The van der Waals surface area contributed by atoms with E-state index in [0.717, 1.165) is 17.0 Å². The van der Waals surface area contributed by atoms with Crippen molar-refractivity contribution in [2.24, 2.45) is 7.05 Å². The van der Waals surface area contributed by atoms with Crippen molar-refractivity contribution in [1.29, 1.82) is 0 Å². The number of benzene rings is 2. The fraction of sp³-hybridized carbons (Fsp3) is 0.200. The zero-order valence-corrected chi connectivity index (χ0v) is 22.0. The summed E-state index contributed by atoms with van der Waals surface area (Å²) in [6.07, 6.45) is -0.421. The molecule has 214 valence electrons. The van der Waals surface area contributed by atoms with Crippen LogP contribution < -0.4 is 19.2 Å². The van der Waals surface area contributed by atoms with Crippen molar-refractivity contribution in [2.45, 2.75) is 13.0 Å². The first-order valence-electron chi connectivity index (χ1n) is 11.7. The monoisotopic (exact) mass is 593 g/mol. The molecular weight excluding hydrogens is 574 g/mol. The van der Waals surface area contributed by atoms with Crippen LogP contribution in [0.3, 0.4) is 0 Å². The van der Waals surface area contributed by atoms with Crippen molar-refractivity contribution in [1.82, 2.24) is 24.5 Å². The number of fused-ring (bicyclic) bond motifs is 2. The molecule has 0 aliphatic carbocycles. The number of aryl methyl sites for hydroxylation is 1. The quantitative estimate of drug-likeness (QED) is 0.185. The zero-order chi connectivity index (χ0) is 29.5. The maximum atomic E-state index is 13.9. The number of rotatable bonds is 9. The van der Waals surface area contributed by atoms with Crippen molar-refractivity contribution in [3.05, 3.63) is 65.1 Å². The first-order valence-corrected chi connectivity index (χ1v) is 13.5. The van der Waals surface area contributed by atoms with Gasteiger partial charge in [0, 0.05) is 24.7 Å². The third-order valence-corrected chi connectivity index (χ3v) is 6.07. The fourth-order valence-corrected chi connectivity index (χ4v) is 4.52. The van der Waals surface area contributed by atoms with Crippen LogP contribution in [0.15, 0.2) is 59.5 Å². The van der Waals surface area contributed by atoms with Gasteiger partial charge in [0.05, 0.1) is 23.0 Å². The summed E-state index contributed by atoms with van der Waals surface area (Å²) in [6, 6.07) is 10.8. The third kappa shape index (κ3) is 6.06. The average molecular weight is 594 g/mol. The minimum Gasteiger partial charge on any atom is -0.471 e. The van der Waals surface area contributed by atoms with Crippen LogP contribution in [0.1, 0.15) is 0 Å². The molecular formula is C25H19F4N5O6S. The molecule has 16 heteroatoms. The molecule has 0 atom stereocenters. The number of aromatic nitrogens is 5. The molecule has 11 nitrogen and oxygen atoms in total. The highest BCUT2D eigenvalue weighted by molar-refractivity contribution is 7.86. The van der Waals surface area contributed by atoms with Crippen LogP contribution >= 0.6 is 0 Å². The first kappa shape index (κ1) is 27.8. The van der Waals surface area contributed by atoms with Gasteiger partial charge in [-0.15, -0.1) is 0 Å². The summed E-state index contributed by atoms with van der Waals surface area (Å²) in [4.78, 5) is 18.1. The number of pyridine rings is 1. The lowest BCUT2D eigenvalue weighted by molar-refractivity contribution is -0.0498. The number of alkyl halides is 4. The Morgan fingerprint density at radius 2 is 1.71 bits per heavy atom. The Kier molecular flexibility index (Phi) is 7.25. The van der Waals surface area contributed by atoms with Crippen molar-refractivity contribution in [2.75, 3.05) is 12.9 Å². The highest BCUT2D eigenvalue weighted by Crippen LogP contribution is 2.34. The second-order valence-corrected chi connectivity index (χ2v) is 10.3. The number of hydrogen-bond donors (Lipinski definition) is 0. The molecule has 3 heterocycles. The molecule has 0 spiro atoms. The maximum absolute atomic E-state index is 13.9. The predicted molar refractivity (Wildman–Crippen MR) is 138 cm³/mol. The Bertz CT molecular complexity index is 1930. The van der Waals surface area contributed by atoms with Gasteiger partial charge in [-0.2, -0.15) is 32.1 Å². The molecule has 0 bridgehead atoms. The van der Waals surface area contributed by atoms with E-state index in [-0.39, 0.29) is 33.6 Å². The molecule has 41 heavy (non-hydrogen) atoms. The fourth-order valence-electron chi connectivity index (χ4n) is 4.07. The molecule has 0 N–H and O–H groups in total. The molecule has 2 aromatic carbocycles. The summed E-state index contributed by atoms with van der Waals surface area (Å²) in [7, 11) is -2.47. The third-order valence-electron chi connectivity index (χ3n) is 5.59. The summed E-state index contributed by atoms with van der Waals surface area (Å²) < 4.78 is 92.3. The van der Waals surface area contributed by atoms with Gasteiger partial charge in [-0.05, 0) is 35.9 Å². The molecule has 0 unspecified atom stereocenters. The van der Waals surface area contributed by atoms with Crippen molar-refractivity contribution >= 4 is 32.1 Å². The second-order valence-electron chi connectivity index (χ2n) is 8.69. The highest BCUT2D eigenvalue weighted by atomic mass is 32.2. The lowest BCUT2D eigenvalue weighted by Gasteiger charge is -2.15. The van der Waals surface area contributed by atoms with Crippen LogP contribution in [-0.2, 0) is 17.2 Å². The van der Waals surface area contributed by atoms with E-state index < -0.39 is 47.0 Å². The largest absolute Gasteiger partial charge is 0.471 e. The van der Waals surface area contributed by atoms with Crippen LogP contribution in [0.4, 0.5) is 17.6 Å². The van der Waals surface area contributed by atoms with Gasteiger partial charge in [-0.25, -0.2) is 13.8 Å². The van der Waals surface area contributed by atoms with Crippen LogP contribution in [-0.4, -0.2) is 58.9 Å². The lowest BCUT2D eigenvalue weighted by atomic mass is 10.1. The molecule has 0 radical (unpaired) electrons. The number of hydrogen-bond acceptors (Lipinski definition) is 9. The number of ether oxygens (including phenoxy) is 2. The van der Waals surface area contributed by atoms with Crippen LogP contribution in [0.2, 0.25) is 0 Å². The van der Waals surface area contributed by atoms with Crippen molar-refractivity contribution < 1.29 is 39.6 Å². The van der Waals surface area contributed by atoms with Gasteiger partial charge < -0.3 is 13.7 Å². The SMILES string of the molecule is Cn1cc2cc(-n3nc4c(OS(C)(=O)=O)cc(OCC(F)F)nc4c(-c4ccc(OC(F)F)cc4)c3=O)ccc2n1. The Morgan fingerprint density at radius 3 is 2.37 bits per heavy atom. The first-order chi connectivity index (χ1) is 19.4. The molecule has 0 saturated heterocycles. The summed E-state index contributed by atoms with van der Waals surface area (Å²) >= 11 is 0. The van der Waals surface area contributed by atoms with E-state index in [1.807, 2.05) is 0 Å². The highest BCUT2D eigenvalue weighted by Gasteiger charge is 2.23. The van der Waals surface area contributed by atoms with Gasteiger partial charge in [0.1, 0.15) is 11.3 Å². The predicted octanol–water partition coefficient (Wildman–Crippen LogP) is 3.92. The smallest absolute Gasteiger partial charge is 0.387 e. The van der Waals surface area contributed by atoms with E-state index >= 15 is 0 Å². The molecule has 0 saturated carbocycles. The molecule has 0 aliphatic heterocycles. The van der Waals surface area contributed by atoms with Crippen molar-refractivity contribution in [3.63, 3.8) is 0 Å². The Hall–Kier alpha value is -4.73. The van der Waals surface area contributed by atoms with Gasteiger partial charge in [0.25, 0.3) is 12.0 Å². The van der Waals surface area contributed by atoms with E-state index in [4.69, 9.17) is 8.92 Å². The summed E-state index contributed by atoms with van der Waals surface area (Å²) in [6.45, 7) is -4.17. The minimum absolute atomic E-state index is 0.143. The minimum atomic E-state index is -4.18. The molecule has 0 fully saturated rings. The van der Waals surface area contributed by atoms with E-state index in [1.54, 1.807) is 36.1 Å². The van der Waals surface area contributed by atoms with Gasteiger partial charge in [0.15, 0.2) is 17.9 Å². The van der Waals surface area contributed by atoms with Crippen molar-refractivity contribution in [3.8, 4) is 34.2 Å². The number of halogens is 4. The Labute approximate surface area is 228 Å². The summed E-state index contributed by atoms with van der Waals surface area (Å²) in [5.41, 5.74) is -0.375. The molecule has 0 aliphatic rings. The average Bonchev–Trinajstić information content (AvgIpc) is 3.26. The Balaban J connectivity index is 1.82. The maximum Gasteiger partial charge on any atom is 0.387 e. The van der Waals surface area contributed by atoms with Gasteiger partial charge in [-0.1, -0.05) is 12.1 Å². The van der Waals surface area contributed by atoms with E-state index in [2.05, 4.69) is 19.9 Å². The molecule has 3 aromatic heterocycles. The summed E-state index contributed by atoms with van der Waals surface area (Å²) in [5, 5.41) is 9.27. The van der Waals surface area contributed by atoms with E-state index in [9.17, 15) is 30.8 Å². The van der Waals surface area contributed by atoms with Crippen LogP contribution in [0.25, 0.3) is 38.8 Å². The molecule has 5 rings (SSSR count). The van der Waals surface area contributed by atoms with E-state index in [1.165, 1.54) is 24.3 Å².